The lowest BCUT2D eigenvalue weighted by molar-refractivity contribution is -0.184. The average Bonchev–Trinajstić information content (AvgIpc) is 2.05. The van der Waals surface area contributed by atoms with Crippen molar-refractivity contribution in [2.24, 2.45) is 0 Å². The average molecular weight is 384 g/mol. The molecular formula is C4F12O3SSi. The summed E-state index contributed by atoms with van der Waals surface area (Å²) in [5.41, 5.74) is -6.91. The van der Waals surface area contributed by atoms with Crippen LogP contribution in [0.3, 0.4) is 0 Å². The smallest absolute Gasteiger partial charge is 0.279 e. The van der Waals surface area contributed by atoms with Gasteiger partial charge in [-0.1, -0.05) is 0 Å². The van der Waals surface area contributed by atoms with E-state index in [-0.39, 0.29) is 0 Å². The summed E-state index contributed by atoms with van der Waals surface area (Å²) in [6, 6.07) is 0. The van der Waals surface area contributed by atoms with E-state index in [0.29, 0.717) is 0 Å². The quantitative estimate of drug-likeness (QED) is 0.418. The molecule has 0 aliphatic carbocycles. The number of rotatable bonds is 2. The Kier molecular flexibility index (Phi) is 4.73. The topological polar surface area (TPSA) is 43.4 Å². The molecular weight excluding hydrogens is 384 g/mol. The van der Waals surface area contributed by atoms with Gasteiger partial charge in [-0.2, -0.15) is 61.1 Å². The lowest BCUT2D eigenvalue weighted by atomic mass is 11.4. The molecule has 0 radical (unpaired) electrons. The van der Waals surface area contributed by atoms with Crippen LogP contribution in [0.1, 0.15) is 0 Å². The van der Waals surface area contributed by atoms with Crippen molar-refractivity contribution >= 4 is 18.4 Å². The minimum atomic E-state index is -9.45. The molecule has 0 N–H and O–H groups in total. The number of halogens is 12. The van der Waals surface area contributed by atoms with E-state index in [1.54, 1.807) is 3.87 Å². The standard InChI is InChI=1S/C4F12O3SSi/c5-1(6,7)20(17,18)19-21(2(8,9)10,3(11,12)13)4(14,15)16. The first kappa shape index (κ1) is 20.3. The third-order valence-electron chi connectivity index (χ3n) is 1.72. The van der Waals surface area contributed by atoms with Crippen molar-refractivity contribution in [2.75, 3.05) is 0 Å². The van der Waals surface area contributed by atoms with Crippen molar-refractivity contribution in [2.45, 2.75) is 22.9 Å². The summed E-state index contributed by atoms with van der Waals surface area (Å²) in [6.45, 7) is 0. The van der Waals surface area contributed by atoms with E-state index >= 15 is 0 Å². The van der Waals surface area contributed by atoms with Gasteiger partial charge in [-0.05, 0) is 0 Å². The molecule has 0 saturated carbocycles. The van der Waals surface area contributed by atoms with Gasteiger partial charge in [-0.25, -0.2) is 0 Å². The maximum atomic E-state index is 12.2. The summed E-state index contributed by atoms with van der Waals surface area (Å²) in [4.78, 5) is 0. The second-order valence-electron chi connectivity index (χ2n) is 3.16. The van der Waals surface area contributed by atoms with Gasteiger partial charge in [0.25, 0.3) is 0 Å². The number of hydrogen-bond donors (Lipinski definition) is 0. The maximum Gasteiger partial charge on any atom is 0.564 e. The van der Waals surface area contributed by atoms with Crippen LogP contribution in [-0.4, -0.2) is 39.6 Å². The van der Waals surface area contributed by atoms with E-state index in [4.69, 9.17) is 0 Å². The van der Waals surface area contributed by atoms with Crippen LogP contribution in [0.4, 0.5) is 52.7 Å². The first-order chi connectivity index (χ1) is 8.71. The van der Waals surface area contributed by atoms with E-state index in [2.05, 4.69) is 0 Å². The molecule has 0 spiro atoms. The molecule has 0 aliphatic heterocycles. The fourth-order valence-corrected chi connectivity index (χ4v) is 4.63. The highest BCUT2D eigenvalue weighted by Gasteiger charge is 2.92. The lowest BCUT2D eigenvalue weighted by Crippen LogP contribution is -2.74. The summed E-state index contributed by atoms with van der Waals surface area (Å²) in [5.74, 6) is -22.4. The van der Waals surface area contributed by atoms with Crippen molar-refractivity contribution in [3.63, 3.8) is 0 Å². The van der Waals surface area contributed by atoms with Crippen LogP contribution in [0.15, 0.2) is 0 Å². The van der Waals surface area contributed by atoms with Gasteiger partial charge in [0.15, 0.2) is 0 Å². The maximum absolute atomic E-state index is 12.2. The molecule has 17 heteroatoms. The van der Waals surface area contributed by atoms with Gasteiger partial charge >= 0.3 is 41.3 Å². The van der Waals surface area contributed by atoms with Crippen molar-refractivity contribution in [3.8, 4) is 0 Å². The molecule has 3 nitrogen and oxygen atoms in total. The molecule has 0 aromatic rings. The third-order valence-corrected chi connectivity index (χ3v) is 6.56. The first-order valence-electron chi connectivity index (χ1n) is 3.93. The van der Waals surface area contributed by atoms with E-state index in [1.165, 1.54) is 0 Å². The summed E-state index contributed by atoms with van der Waals surface area (Å²) in [7, 11) is -17.3. The zero-order chi connectivity index (χ0) is 17.7. The third kappa shape index (κ3) is 3.38. The van der Waals surface area contributed by atoms with Crippen LogP contribution >= 0.6 is 0 Å². The molecule has 0 heterocycles. The Morgan fingerprint density at radius 1 is 0.619 bits per heavy atom. The SMILES string of the molecule is O=S(=O)(O[Si](C(F)(F)F)(C(F)(F)F)C(F)(F)F)C(F)(F)F. The Hall–Kier alpha value is -0.713. The molecule has 0 atom stereocenters. The Morgan fingerprint density at radius 3 is 1.00 bits per heavy atom. The molecule has 0 amide bonds. The summed E-state index contributed by atoms with van der Waals surface area (Å²) < 4.78 is 167. The molecule has 0 fully saturated rings. The van der Waals surface area contributed by atoms with Gasteiger partial charge in [0, 0.05) is 0 Å². The summed E-state index contributed by atoms with van der Waals surface area (Å²) in [6.07, 6.45) is 0. The highest BCUT2D eigenvalue weighted by atomic mass is 32.2. The van der Waals surface area contributed by atoms with Crippen LogP contribution in [-0.2, 0) is 14.0 Å². The molecule has 21 heavy (non-hydrogen) atoms. The molecule has 0 aliphatic rings. The van der Waals surface area contributed by atoms with Crippen LogP contribution in [0.2, 0.25) is 0 Å². The zero-order valence-electron chi connectivity index (χ0n) is 8.67. The van der Waals surface area contributed by atoms with Gasteiger partial charge in [-0.3, -0.25) is 3.87 Å². The largest absolute Gasteiger partial charge is 0.564 e. The Labute approximate surface area is 107 Å². The summed E-state index contributed by atoms with van der Waals surface area (Å²) >= 11 is 0. The molecule has 0 rings (SSSR count). The van der Waals surface area contributed by atoms with Gasteiger partial charge in [-0.15, -0.1) is 0 Å². The molecule has 0 aromatic carbocycles. The van der Waals surface area contributed by atoms with Crippen molar-refractivity contribution < 1.29 is 65.0 Å². The highest BCUT2D eigenvalue weighted by Crippen LogP contribution is 2.52. The van der Waals surface area contributed by atoms with Crippen LogP contribution < -0.4 is 0 Å². The Bertz CT molecular complexity index is 443. The van der Waals surface area contributed by atoms with Gasteiger partial charge in [0.1, 0.15) is 0 Å². The molecule has 128 valence electrons. The van der Waals surface area contributed by atoms with E-state index in [1.807, 2.05) is 0 Å². The Morgan fingerprint density at radius 2 is 0.857 bits per heavy atom. The normalized spacial score (nSPS) is 16.2. The van der Waals surface area contributed by atoms with Gasteiger partial charge < -0.3 is 0 Å². The predicted octanol–water partition coefficient (Wildman–Crippen LogP) is 3.10. The first-order valence-corrected chi connectivity index (χ1v) is 7.24. The number of hydrogen-bond acceptors (Lipinski definition) is 3. The highest BCUT2D eigenvalue weighted by molar-refractivity contribution is 7.88. The van der Waals surface area contributed by atoms with Crippen molar-refractivity contribution in [1.29, 1.82) is 0 Å². The minimum Gasteiger partial charge on any atom is -0.279 e. The second-order valence-corrected chi connectivity index (χ2v) is 8.26. The zero-order valence-corrected chi connectivity index (χ0v) is 10.5. The van der Waals surface area contributed by atoms with Crippen molar-refractivity contribution in [1.82, 2.24) is 0 Å². The van der Waals surface area contributed by atoms with E-state index in [9.17, 15) is 61.1 Å². The minimum absolute atomic E-state index is 1.69. The van der Waals surface area contributed by atoms with Crippen LogP contribution in [0.25, 0.3) is 0 Å². The van der Waals surface area contributed by atoms with E-state index in [0.717, 1.165) is 0 Å². The van der Waals surface area contributed by atoms with Crippen LogP contribution in [0, 0.1) is 0 Å². The van der Waals surface area contributed by atoms with E-state index < -0.39 is 41.3 Å². The second kappa shape index (κ2) is 4.90. The van der Waals surface area contributed by atoms with Gasteiger partial charge in [0.2, 0.25) is 0 Å². The lowest BCUT2D eigenvalue weighted by Gasteiger charge is -2.34. The Balaban J connectivity index is 6.50. The predicted molar refractivity (Wildman–Crippen MR) is 40.0 cm³/mol. The fourth-order valence-electron chi connectivity index (χ4n) is 0.836. The fraction of sp³-hybridized carbons (Fsp3) is 1.00. The van der Waals surface area contributed by atoms with Crippen molar-refractivity contribution in [3.05, 3.63) is 0 Å². The van der Waals surface area contributed by atoms with Gasteiger partial charge in [0.05, 0.1) is 0 Å². The molecule has 0 aromatic heterocycles. The molecule has 0 unspecified atom stereocenters. The number of alkyl halides is 12. The monoisotopic (exact) mass is 384 g/mol. The van der Waals surface area contributed by atoms with Crippen LogP contribution in [0.5, 0.6) is 0 Å². The summed E-state index contributed by atoms with van der Waals surface area (Å²) in [5, 5.41) is 0. The molecule has 0 bridgehead atoms. The molecule has 0 saturated heterocycles.